The second-order valence-electron chi connectivity index (χ2n) is 31.5. The zero-order valence-electron chi connectivity index (χ0n) is 89.0. The van der Waals surface area contributed by atoms with Crippen molar-refractivity contribution in [1.29, 1.82) is 0 Å². The fourth-order valence-electron chi connectivity index (χ4n) is 14.3. The summed E-state index contributed by atoms with van der Waals surface area (Å²) in [6.45, 7) is 20.5. The molecular weight excluding hydrogens is 2240 g/mol. The molecule has 45 heteroatoms. The molecule has 4 atom stereocenters. The van der Waals surface area contributed by atoms with E-state index in [-0.39, 0.29) is 265 Å². The molecular formula is C99H105BrCl4F7IN4Na2O25Zn. The predicted molar refractivity (Wildman–Crippen MR) is 531 cm³/mol. The molecule has 8 N–H and O–H groups in total. The Balaban J connectivity index is 0.000000951. The van der Waals surface area contributed by atoms with Crippen molar-refractivity contribution in [3.05, 3.63) is 320 Å². The van der Waals surface area contributed by atoms with Gasteiger partial charge in [-0.1, -0.05) is 144 Å². The van der Waals surface area contributed by atoms with Gasteiger partial charge in [0, 0.05) is 97.2 Å². The van der Waals surface area contributed by atoms with Crippen LogP contribution in [0.2, 0.25) is 20.1 Å². The second-order valence-corrected chi connectivity index (χ2v) is 34.3. The number of carboxylic acids is 2. The zero-order chi connectivity index (χ0) is 113. The molecule has 0 spiro atoms. The average Bonchev–Trinajstić information content (AvgIpc) is 0.786. The monoisotopic (exact) mass is 2350 g/mol. The number of fused-ring (bicyclic) bond motifs is 4. The van der Waals surface area contributed by atoms with Crippen LogP contribution < -0.4 is 90.7 Å². The van der Waals surface area contributed by atoms with Gasteiger partial charge in [0.2, 0.25) is 21.7 Å². The molecule has 0 aliphatic rings. The fourth-order valence-corrected chi connectivity index (χ4v) is 15.5. The molecule has 144 heavy (non-hydrogen) atoms. The molecule has 0 saturated carbocycles. The third kappa shape index (κ3) is 34.0. The van der Waals surface area contributed by atoms with E-state index in [4.69, 9.17) is 92.6 Å². The average molecular weight is 2350 g/mol. The number of carbonyl (C=O) groups excluding carboxylic acids is 4. The number of aliphatic hydroxyl groups excluding tert-OH is 2. The minimum absolute atomic E-state index is 0. The van der Waals surface area contributed by atoms with E-state index in [0.29, 0.717) is 11.1 Å². The third-order valence-electron chi connectivity index (χ3n) is 21.5. The van der Waals surface area contributed by atoms with E-state index in [1.807, 2.05) is 41.5 Å². The number of methoxy groups -OCH3 is 3. The van der Waals surface area contributed by atoms with E-state index >= 15 is 4.39 Å². The van der Waals surface area contributed by atoms with E-state index in [1.54, 1.807) is 73.1 Å². The summed E-state index contributed by atoms with van der Waals surface area (Å²) in [6.07, 6.45) is 2.60. The first-order valence-electron chi connectivity index (χ1n) is 46.4. The van der Waals surface area contributed by atoms with Crippen molar-refractivity contribution < 1.29 is 222 Å². The number of nitrogens with zero attached hydrogens (tertiary/aromatic N) is 4. The molecule has 8 aromatic carbocycles. The number of ether oxygens (including phenoxy) is 7. The Kier molecular flexibility index (Phi) is 51.6. The fraction of sp³-hybridized carbons (Fsp3) is 0.323. The van der Waals surface area contributed by atoms with Gasteiger partial charge in [-0.25, -0.2) is 55.1 Å². The summed E-state index contributed by atoms with van der Waals surface area (Å²) in [5, 5.41) is 55.3. The van der Waals surface area contributed by atoms with E-state index in [2.05, 4.69) is 30.0 Å². The first kappa shape index (κ1) is 117. The Hall–Kier alpha value is -9.05. The Morgan fingerprint density at radius 1 is 0.465 bits per heavy atom. The van der Waals surface area contributed by atoms with Crippen molar-refractivity contribution in [3.63, 3.8) is 0 Å². The number of aromatic carboxylic acids is 2. The third-order valence-corrected chi connectivity index (χ3v) is 23.5. The van der Waals surface area contributed by atoms with Crippen LogP contribution in [0.15, 0.2) is 165 Å². The summed E-state index contributed by atoms with van der Waals surface area (Å²) < 4.78 is 198. The molecule has 0 aliphatic heterocycles. The van der Waals surface area contributed by atoms with Gasteiger partial charge in [0.15, 0.2) is 0 Å². The quantitative estimate of drug-likeness (QED) is 0.00797. The van der Waals surface area contributed by atoms with Crippen molar-refractivity contribution in [2.75, 3.05) is 75.0 Å². The summed E-state index contributed by atoms with van der Waals surface area (Å²) in [7, 11) is -6.24. The van der Waals surface area contributed by atoms with Gasteiger partial charge in [0.25, 0.3) is 0 Å². The SMILES string of the molecule is CC(C)[C@@H](CO)n1cc(C(=O)O)c(=O)c2cc(Cc3cccc(Cl)c3F)c(F)cc21.CCOC(=O)c1cn([C@H](COC(=O)OC)C(C)C)c2cc(F)c(Cc3cccc(Cl)c3F)cc2c1=O.CCOC(=O)c1cn([C@H](COC(=O)OC)C(C)C)c2cc(F)c(I)cc2c1=O.O.[2H]C([2H])([2H])O.[2H]C([2H])([2H])Oc1cc2c(cc1Cc1cccc(Cl)c1F)c(=O)c(C(=O)O)cn2[C@H](CO)C(C)C.[2H]C([2H])([2H])[O-].[CH2-]c1cccc(Cl)c1F.[Na+].[Na+].[OH-].[Zn+][Br]. The number of aliphatic hydroxyl groups is 3. The number of carbonyl (C=O) groups is 6. The molecule has 0 bridgehead atoms. The van der Waals surface area contributed by atoms with Crippen molar-refractivity contribution in [1.82, 2.24) is 18.3 Å². The molecule has 4 aromatic heterocycles. The van der Waals surface area contributed by atoms with Crippen LogP contribution in [0, 0.1) is 74.9 Å². The number of benzene rings is 8. The Morgan fingerprint density at radius 2 is 0.750 bits per heavy atom. The molecule has 0 amide bonds. The molecule has 29 nitrogen and oxygen atoms in total. The van der Waals surface area contributed by atoms with Gasteiger partial charge in [-0.05, 0) is 154 Å². The molecule has 0 unspecified atom stereocenters. The number of aromatic nitrogens is 4. The van der Waals surface area contributed by atoms with Crippen LogP contribution in [0.25, 0.3) is 43.6 Å². The van der Waals surface area contributed by atoms with Crippen molar-refractivity contribution >= 4 is 162 Å². The first-order chi connectivity index (χ1) is 69.5. The second kappa shape index (κ2) is 63.6. The molecule has 766 valence electrons. The van der Waals surface area contributed by atoms with Crippen LogP contribution in [-0.2, 0) is 64.0 Å². The molecule has 0 saturated heterocycles. The molecule has 0 radical (unpaired) electrons. The zero-order valence-corrected chi connectivity index (χ0v) is 93.7. The van der Waals surface area contributed by atoms with Gasteiger partial charge < -0.3 is 93.0 Å². The van der Waals surface area contributed by atoms with Gasteiger partial charge in [-0.2, -0.15) is 25.6 Å². The normalized spacial score (nSPS) is 12.5. The molecule has 4 heterocycles. The van der Waals surface area contributed by atoms with Crippen LogP contribution in [0.1, 0.15) is 186 Å². The van der Waals surface area contributed by atoms with Gasteiger partial charge in [-0.15, -0.1) is 6.07 Å². The number of rotatable bonds is 27. The number of hydrogen-bond donors (Lipinski definition) is 5. The number of esters is 2. The molecule has 12 rings (SSSR count). The number of carboxylic acid groups (broad SMARTS) is 2. The van der Waals surface area contributed by atoms with Crippen molar-refractivity contribution in [3.8, 4) is 5.75 Å². The number of pyridine rings is 4. The summed E-state index contributed by atoms with van der Waals surface area (Å²) in [4.78, 5) is 123. The van der Waals surface area contributed by atoms with Gasteiger partial charge in [0.1, 0.15) is 76.1 Å². The van der Waals surface area contributed by atoms with Crippen molar-refractivity contribution in [2.45, 2.75) is 113 Å². The maximum atomic E-state index is 15.3. The number of halogens is 13. The van der Waals surface area contributed by atoms with Gasteiger partial charge in [-0.3, -0.25) is 23.6 Å². The standard InChI is InChI=1S/C26H26ClF2NO6.C23H23ClFNO5.C22H20ClF2NO4.C19H21FINO6.C7H5ClF.CH4O.CH3O.BrH.2Na.2H2O.Zn/c1-5-35-25(32)18-12-30(22(14(2)3)13-36-26(33)34-4)21-11-20(28)16(10-17(21)24(18)31)9-15-7-6-8-19(27)23(15)29;1-12(2)19(11-27)26-10-16(23(29)30)22(28)15-8-14(20(31-3)9-18(15)26)7-13-5-4-6-17(24)21(13)25;1-11(2)19(10-27)26-9-15(22(29)30)21(28)14-7-13(17(24)8-18(14)26)6-12-4-3-5-16(23)20(12)25;1-5-27-18(24)12-8-22(16(10(2)3)9-28-19(25)26-4)15-7-13(20)14(21)6-11(15)17(12)23;1-5-3-2-4-6(8)7(5)9;2*1-2;;;;;;/h6-8,10-12,14,22H,5,9,13H2,1-4H3;4-6,8-10,12,19,27H,7,11H2,1-3H3,(H,29,30);3-5,7-9,11,19,27H,6,10H2,1-2H3,(H,29,30);6-8,10,16H,5,9H2,1-4H3;2-4H,1H2;2H,1H3;1H3;1H;;;2*1H2;/q;;;;-1;;-1;;2*+1;;;+2/p-2/t22-;2*19-;16-;;;;;;;;;/m1111........./s1/i;3D3;;;;2*1D3;;;;;;. The molecule has 0 aliphatic carbocycles. The predicted octanol–water partition coefficient (Wildman–Crippen LogP) is 13.4. The van der Waals surface area contributed by atoms with Crippen LogP contribution in [0.4, 0.5) is 40.3 Å². The summed E-state index contributed by atoms with van der Waals surface area (Å²) >= 11 is 28.9. The van der Waals surface area contributed by atoms with Crippen LogP contribution >= 0.6 is 82.6 Å². The Bertz CT molecular complexity index is 7050. The number of hydrogen-bond acceptors (Lipinski definition) is 22. The summed E-state index contributed by atoms with van der Waals surface area (Å²) in [6, 6.07) is 25.6. The Morgan fingerprint density at radius 3 is 1.05 bits per heavy atom. The van der Waals surface area contributed by atoms with Crippen LogP contribution in [0.3, 0.4) is 0 Å². The maximum absolute atomic E-state index is 15.3. The van der Waals surface area contributed by atoms with E-state index in [9.17, 15) is 94.7 Å². The summed E-state index contributed by atoms with van der Waals surface area (Å²) in [5.41, 5.74) is -2.43. The van der Waals surface area contributed by atoms with Crippen LogP contribution in [-0.4, -0.2) is 166 Å². The van der Waals surface area contributed by atoms with Gasteiger partial charge >= 0.3 is 125 Å². The van der Waals surface area contributed by atoms with E-state index in [0.717, 1.165) is 24.5 Å². The topological polar surface area (TPSA) is 441 Å². The van der Waals surface area contributed by atoms with Gasteiger partial charge in [0.05, 0.1) is 117 Å². The molecule has 12 aromatic rings. The van der Waals surface area contributed by atoms with Crippen LogP contribution in [0.5, 0.6) is 5.75 Å². The minimum atomic E-state index is -3.00. The van der Waals surface area contributed by atoms with E-state index < -0.39 is 155 Å². The Labute approximate surface area is 931 Å². The van der Waals surface area contributed by atoms with Crippen molar-refractivity contribution in [2.24, 2.45) is 23.7 Å². The van der Waals surface area contributed by atoms with E-state index in [1.165, 1.54) is 148 Å². The summed E-state index contributed by atoms with van der Waals surface area (Å²) in [5.74, 6) is -9.53. The first-order valence-corrected chi connectivity index (χ1v) is 51.4. The molecule has 0 fully saturated rings.